The number of carbonyl (C=O) groups is 2. The molecule has 1 aromatic carbocycles. The molecule has 1 aromatic rings. The van der Waals surface area contributed by atoms with Crippen LogP contribution in [0.3, 0.4) is 0 Å². The summed E-state index contributed by atoms with van der Waals surface area (Å²) < 4.78 is 5.65. The van der Waals surface area contributed by atoms with Crippen molar-refractivity contribution >= 4 is 11.9 Å². The summed E-state index contributed by atoms with van der Waals surface area (Å²) in [6, 6.07) is 8.15. The number of ether oxygens (including phenoxy) is 1. The lowest BCUT2D eigenvalue weighted by molar-refractivity contribution is -0.123. The fourth-order valence-electron chi connectivity index (χ4n) is 3.13. The van der Waals surface area contributed by atoms with Gasteiger partial charge in [0.1, 0.15) is 5.75 Å². The van der Waals surface area contributed by atoms with Crippen LogP contribution in [0.25, 0.3) is 0 Å². The van der Waals surface area contributed by atoms with Crippen molar-refractivity contribution in [3.8, 4) is 5.75 Å². The second-order valence-corrected chi connectivity index (χ2v) is 7.36. The van der Waals surface area contributed by atoms with E-state index >= 15 is 0 Å². The van der Waals surface area contributed by atoms with Gasteiger partial charge in [-0.2, -0.15) is 0 Å². The lowest BCUT2D eigenvalue weighted by atomic mass is 9.96. The van der Waals surface area contributed by atoms with E-state index in [1.54, 1.807) is 4.90 Å². The Morgan fingerprint density at radius 2 is 1.81 bits per heavy atom. The van der Waals surface area contributed by atoms with E-state index in [0.717, 1.165) is 18.6 Å². The van der Waals surface area contributed by atoms with Gasteiger partial charge in [0.15, 0.2) is 0 Å². The zero-order chi connectivity index (χ0) is 19.1. The summed E-state index contributed by atoms with van der Waals surface area (Å²) in [4.78, 5) is 25.3. The first kappa shape index (κ1) is 20.1. The molecule has 0 unspecified atom stereocenters. The van der Waals surface area contributed by atoms with Crippen molar-refractivity contribution in [3.05, 3.63) is 29.8 Å². The van der Waals surface area contributed by atoms with Gasteiger partial charge in [0.05, 0.1) is 6.10 Å². The molecular formula is C20H31N3O3. The highest BCUT2D eigenvalue weighted by atomic mass is 16.5. The number of urea groups is 1. The molecule has 0 spiro atoms. The molecular weight excluding hydrogens is 330 g/mol. The highest BCUT2D eigenvalue weighted by molar-refractivity contribution is 5.78. The maximum absolute atomic E-state index is 12.3. The first-order chi connectivity index (χ1) is 12.3. The van der Waals surface area contributed by atoms with Crippen molar-refractivity contribution in [2.24, 2.45) is 11.7 Å². The number of nitrogens with one attached hydrogen (secondary N) is 1. The van der Waals surface area contributed by atoms with Crippen molar-refractivity contribution in [1.82, 2.24) is 10.2 Å². The third-order valence-corrected chi connectivity index (χ3v) is 4.72. The van der Waals surface area contributed by atoms with E-state index in [2.05, 4.69) is 17.4 Å². The van der Waals surface area contributed by atoms with Gasteiger partial charge >= 0.3 is 6.03 Å². The lowest BCUT2D eigenvalue weighted by Gasteiger charge is -2.31. The van der Waals surface area contributed by atoms with Gasteiger partial charge in [0.2, 0.25) is 5.91 Å². The average Bonchev–Trinajstić information content (AvgIpc) is 2.60. The average molecular weight is 361 g/mol. The van der Waals surface area contributed by atoms with E-state index in [9.17, 15) is 9.59 Å². The minimum Gasteiger partial charge on any atom is -0.491 e. The Morgan fingerprint density at radius 1 is 1.19 bits per heavy atom. The standard InChI is InChI=1S/C20H31N3O3/c1-14(2)26-18-8-6-16(7-9-18)5-4-15(3)22-20(25)23-12-10-17(11-13-23)19(21)24/h6-9,14-15,17H,4-5,10-13H2,1-3H3,(H2,21,24)(H,22,25)/t15-/m1/s1. The normalized spacial score (nSPS) is 16.4. The molecule has 0 bridgehead atoms. The van der Waals surface area contributed by atoms with Crippen LogP contribution in [0.1, 0.15) is 45.6 Å². The van der Waals surface area contributed by atoms with Gasteiger partial charge in [-0.25, -0.2) is 4.79 Å². The molecule has 1 heterocycles. The van der Waals surface area contributed by atoms with Crippen molar-refractivity contribution in [2.45, 2.75) is 58.6 Å². The monoisotopic (exact) mass is 361 g/mol. The molecule has 1 fully saturated rings. The largest absolute Gasteiger partial charge is 0.491 e. The van der Waals surface area contributed by atoms with Gasteiger partial charge in [-0.15, -0.1) is 0 Å². The molecule has 0 radical (unpaired) electrons. The molecule has 26 heavy (non-hydrogen) atoms. The SMILES string of the molecule is CC(C)Oc1ccc(CC[C@@H](C)NC(=O)N2CCC(C(N)=O)CC2)cc1. The second-order valence-electron chi connectivity index (χ2n) is 7.36. The number of aryl methyl sites for hydroxylation is 1. The number of piperidine rings is 1. The molecule has 0 saturated carbocycles. The topological polar surface area (TPSA) is 84.7 Å². The van der Waals surface area contributed by atoms with Crippen LogP contribution in [-0.4, -0.2) is 42.1 Å². The molecule has 1 atom stereocenters. The molecule has 3 amide bonds. The van der Waals surface area contributed by atoms with Crippen LogP contribution in [0, 0.1) is 5.92 Å². The van der Waals surface area contributed by atoms with Crippen LogP contribution in [0.4, 0.5) is 4.79 Å². The summed E-state index contributed by atoms with van der Waals surface area (Å²) in [6.45, 7) is 7.21. The third kappa shape index (κ3) is 6.24. The van der Waals surface area contributed by atoms with Crippen molar-refractivity contribution in [1.29, 1.82) is 0 Å². The molecule has 1 aliphatic heterocycles. The van der Waals surface area contributed by atoms with Gasteiger partial charge < -0.3 is 20.7 Å². The Morgan fingerprint density at radius 3 is 2.35 bits per heavy atom. The summed E-state index contributed by atoms with van der Waals surface area (Å²) in [5.41, 5.74) is 6.56. The van der Waals surface area contributed by atoms with Crippen LogP contribution in [0.15, 0.2) is 24.3 Å². The Hall–Kier alpha value is -2.24. The predicted molar refractivity (Wildman–Crippen MR) is 102 cm³/mol. The van der Waals surface area contributed by atoms with Crippen molar-refractivity contribution in [3.63, 3.8) is 0 Å². The maximum Gasteiger partial charge on any atom is 0.317 e. The van der Waals surface area contributed by atoms with Crippen molar-refractivity contribution in [2.75, 3.05) is 13.1 Å². The lowest BCUT2D eigenvalue weighted by Crippen LogP contribution is -2.48. The number of likely N-dealkylation sites (tertiary alicyclic amines) is 1. The quantitative estimate of drug-likeness (QED) is 0.783. The van der Waals surface area contributed by atoms with Crippen LogP contribution in [0.5, 0.6) is 5.75 Å². The first-order valence-corrected chi connectivity index (χ1v) is 9.45. The predicted octanol–water partition coefficient (Wildman–Crippen LogP) is 2.70. The molecule has 1 aliphatic rings. The number of benzene rings is 1. The van der Waals surface area contributed by atoms with Gasteiger partial charge in [-0.1, -0.05) is 12.1 Å². The summed E-state index contributed by atoms with van der Waals surface area (Å²) >= 11 is 0. The van der Waals surface area contributed by atoms with Crippen LogP contribution in [0.2, 0.25) is 0 Å². The molecule has 6 heteroatoms. The zero-order valence-electron chi connectivity index (χ0n) is 16.0. The number of nitrogens with two attached hydrogens (primary N) is 1. The van der Waals surface area contributed by atoms with Crippen molar-refractivity contribution < 1.29 is 14.3 Å². The molecule has 0 aliphatic carbocycles. The molecule has 3 N–H and O–H groups in total. The fraction of sp³-hybridized carbons (Fsp3) is 0.600. The molecule has 2 rings (SSSR count). The number of primary amides is 1. The van der Waals surface area contributed by atoms with Crippen LogP contribution < -0.4 is 15.8 Å². The first-order valence-electron chi connectivity index (χ1n) is 9.45. The summed E-state index contributed by atoms with van der Waals surface area (Å²) in [7, 11) is 0. The van der Waals surface area contributed by atoms with Crippen LogP contribution >= 0.6 is 0 Å². The zero-order valence-corrected chi connectivity index (χ0v) is 16.0. The van der Waals surface area contributed by atoms with Gasteiger partial charge in [-0.05, 0) is 64.2 Å². The number of rotatable bonds is 7. The van der Waals surface area contributed by atoms with E-state index in [0.29, 0.717) is 25.9 Å². The van der Waals surface area contributed by atoms with Gasteiger partial charge in [-0.3, -0.25) is 4.79 Å². The van der Waals surface area contributed by atoms with E-state index in [-0.39, 0.29) is 30.0 Å². The van der Waals surface area contributed by atoms with E-state index < -0.39 is 0 Å². The van der Waals surface area contributed by atoms with Crippen LogP contribution in [-0.2, 0) is 11.2 Å². The molecule has 144 valence electrons. The minimum atomic E-state index is -0.261. The number of amides is 3. The molecule has 0 aromatic heterocycles. The Bertz CT molecular complexity index is 593. The van der Waals surface area contributed by atoms with E-state index in [1.807, 2.05) is 32.9 Å². The fourth-order valence-corrected chi connectivity index (χ4v) is 3.13. The van der Waals surface area contributed by atoms with E-state index in [1.165, 1.54) is 5.56 Å². The summed E-state index contributed by atoms with van der Waals surface area (Å²) in [5.74, 6) is 0.520. The molecule has 6 nitrogen and oxygen atoms in total. The summed E-state index contributed by atoms with van der Waals surface area (Å²) in [6.07, 6.45) is 3.24. The number of nitrogens with zero attached hydrogens (tertiary/aromatic N) is 1. The van der Waals surface area contributed by atoms with E-state index in [4.69, 9.17) is 10.5 Å². The Kier molecular flexibility index (Phi) is 7.30. The maximum atomic E-state index is 12.3. The smallest absolute Gasteiger partial charge is 0.317 e. The Labute approximate surface area is 156 Å². The van der Waals surface area contributed by atoms with Gasteiger partial charge in [0.25, 0.3) is 0 Å². The number of hydrogen-bond acceptors (Lipinski definition) is 3. The second kappa shape index (κ2) is 9.46. The summed E-state index contributed by atoms with van der Waals surface area (Å²) in [5, 5.41) is 3.05. The number of carbonyl (C=O) groups excluding carboxylic acids is 2. The third-order valence-electron chi connectivity index (χ3n) is 4.72. The minimum absolute atomic E-state index is 0.0545. The highest BCUT2D eigenvalue weighted by Gasteiger charge is 2.26. The number of hydrogen-bond donors (Lipinski definition) is 2. The Balaban J connectivity index is 1.72. The molecule has 1 saturated heterocycles. The highest BCUT2D eigenvalue weighted by Crippen LogP contribution is 2.17. The van der Waals surface area contributed by atoms with Gasteiger partial charge in [0, 0.05) is 25.0 Å².